The van der Waals surface area contributed by atoms with Crippen LogP contribution >= 0.6 is 24.0 Å². The molecule has 6 nitrogen and oxygen atoms in total. The van der Waals surface area contributed by atoms with Crippen LogP contribution in [0.3, 0.4) is 0 Å². The molecule has 2 amide bonds. The number of thioether (sulfide) groups is 1. The number of amides is 2. The lowest BCUT2D eigenvalue weighted by molar-refractivity contribution is -0.115. The van der Waals surface area contributed by atoms with Crippen LogP contribution < -0.4 is 10.6 Å². The maximum Gasteiger partial charge on any atom is 0.407 e. The van der Waals surface area contributed by atoms with Gasteiger partial charge in [-0.05, 0) is 64.2 Å². The van der Waals surface area contributed by atoms with Crippen molar-refractivity contribution in [3.05, 3.63) is 57.2 Å². The molecule has 0 radical (unpaired) electrons. The van der Waals surface area contributed by atoms with Crippen molar-refractivity contribution in [1.82, 2.24) is 15.6 Å². The van der Waals surface area contributed by atoms with Gasteiger partial charge < -0.3 is 15.4 Å². The predicted molar refractivity (Wildman–Crippen MR) is 147 cm³/mol. The summed E-state index contributed by atoms with van der Waals surface area (Å²) in [5.41, 5.74) is 5.97. The van der Waals surface area contributed by atoms with E-state index >= 15 is 0 Å². The quantitative estimate of drug-likeness (QED) is 0.362. The summed E-state index contributed by atoms with van der Waals surface area (Å²) in [6.45, 7) is 14.0. The van der Waals surface area contributed by atoms with E-state index < -0.39 is 11.7 Å². The lowest BCUT2D eigenvalue weighted by Gasteiger charge is -2.23. The average Bonchev–Trinajstić information content (AvgIpc) is 3.04. The molecule has 1 aliphatic heterocycles. The fourth-order valence-corrected chi connectivity index (χ4v) is 4.84. The molecule has 0 atom stereocenters. The molecule has 0 unspecified atom stereocenters. The number of carbonyl (C=O) groups excluding carboxylic acids is 2. The molecule has 2 N–H and O–H groups in total. The zero-order chi connectivity index (χ0) is 25.9. The number of nitrogens with zero attached hydrogens (tertiary/aromatic N) is 1. The fraction of sp³-hybridized carbons (Fsp3) is 0.407. The van der Waals surface area contributed by atoms with Crippen LogP contribution in [0, 0.1) is 19.8 Å². The molecule has 1 aromatic heterocycles. The summed E-state index contributed by atoms with van der Waals surface area (Å²) in [5.74, 6) is 0.153. The molecule has 1 aliphatic rings. The van der Waals surface area contributed by atoms with E-state index in [-0.39, 0.29) is 12.5 Å². The molecular formula is C27H33N3O3S2. The van der Waals surface area contributed by atoms with Gasteiger partial charge >= 0.3 is 6.09 Å². The zero-order valence-electron chi connectivity index (χ0n) is 21.4. The number of benzene rings is 1. The highest BCUT2D eigenvalue weighted by atomic mass is 32.2. The van der Waals surface area contributed by atoms with Gasteiger partial charge in [0.1, 0.15) is 9.92 Å². The minimum absolute atomic E-state index is 0.214. The Morgan fingerprint density at radius 2 is 1.89 bits per heavy atom. The Kier molecular flexibility index (Phi) is 8.38. The van der Waals surface area contributed by atoms with Crippen molar-refractivity contribution in [2.24, 2.45) is 5.92 Å². The Balaban J connectivity index is 2.21. The Morgan fingerprint density at radius 3 is 2.43 bits per heavy atom. The minimum atomic E-state index is -0.600. The molecule has 8 heteroatoms. The molecular weight excluding hydrogens is 478 g/mol. The van der Waals surface area contributed by atoms with Crippen LogP contribution in [-0.4, -0.2) is 26.9 Å². The van der Waals surface area contributed by atoms with Gasteiger partial charge in [0, 0.05) is 29.1 Å². The molecule has 1 fully saturated rings. The highest BCUT2D eigenvalue weighted by molar-refractivity contribution is 8.26. The summed E-state index contributed by atoms with van der Waals surface area (Å²) in [4.78, 5) is 30.5. The normalized spacial score (nSPS) is 15.0. The second-order valence-corrected chi connectivity index (χ2v) is 11.8. The first-order chi connectivity index (χ1) is 16.3. The first-order valence-electron chi connectivity index (χ1n) is 11.6. The zero-order valence-corrected chi connectivity index (χ0v) is 23.0. The predicted octanol–water partition coefficient (Wildman–Crippen LogP) is 6.08. The number of alkyl carbamates (subject to hydrolysis) is 1. The first-order valence-corrected chi connectivity index (χ1v) is 12.9. The van der Waals surface area contributed by atoms with Crippen LogP contribution in [0.5, 0.6) is 0 Å². The number of ether oxygens (including phenoxy) is 1. The molecule has 35 heavy (non-hydrogen) atoms. The molecule has 2 heterocycles. The van der Waals surface area contributed by atoms with Crippen LogP contribution in [0.15, 0.2) is 29.2 Å². The number of aromatic nitrogens is 1. The number of rotatable bonds is 6. The second-order valence-electron chi connectivity index (χ2n) is 10.1. The smallest absolute Gasteiger partial charge is 0.407 e. The third-order valence-corrected chi connectivity index (χ3v) is 6.44. The number of aryl methyl sites for hydroxylation is 2. The van der Waals surface area contributed by atoms with Gasteiger partial charge in [-0.15, -0.1) is 0 Å². The lowest BCUT2D eigenvalue weighted by atomic mass is 9.89. The third kappa shape index (κ3) is 7.15. The molecule has 0 bridgehead atoms. The van der Waals surface area contributed by atoms with Gasteiger partial charge in [-0.3, -0.25) is 9.78 Å². The molecule has 186 valence electrons. The van der Waals surface area contributed by atoms with E-state index in [1.807, 2.05) is 40.7 Å². The van der Waals surface area contributed by atoms with Gasteiger partial charge in [-0.2, -0.15) is 0 Å². The van der Waals surface area contributed by atoms with Crippen LogP contribution in [0.25, 0.3) is 17.2 Å². The summed E-state index contributed by atoms with van der Waals surface area (Å²) in [6, 6.07) is 8.24. The summed E-state index contributed by atoms with van der Waals surface area (Å²) in [5, 5.41) is 5.60. The van der Waals surface area contributed by atoms with Crippen LogP contribution in [-0.2, 0) is 22.5 Å². The van der Waals surface area contributed by atoms with E-state index in [1.165, 1.54) is 11.8 Å². The van der Waals surface area contributed by atoms with Crippen LogP contribution in [0.1, 0.15) is 62.7 Å². The van der Waals surface area contributed by atoms with Crippen molar-refractivity contribution in [1.29, 1.82) is 0 Å². The summed E-state index contributed by atoms with van der Waals surface area (Å²) in [6.07, 6.45) is 2.12. The van der Waals surface area contributed by atoms with E-state index in [0.717, 1.165) is 45.6 Å². The van der Waals surface area contributed by atoms with Crippen molar-refractivity contribution in [2.45, 2.75) is 67.0 Å². The van der Waals surface area contributed by atoms with Gasteiger partial charge in [-0.1, -0.05) is 67.7 Å². The molecule has 0 spiro atoms. The average molecular weight is 512 g/mol. The highest BCUT2D eigenvalue weighted by Gasteiger charge is 2.26. The lowest BCUT2D eigenvalue weighted by Crippen LogP contribution is -2.32. The second kappa shape index (κ2) is 10.9. The maximum atomic E-state index is 12.5. The van der Waals surface area contributed by atoms with Crippen molar-refractivity contribution in [3.8, 4) is 11.1 Å². The van der Waals surface area contributed by atoms with Gasteiger partial charge in [0.05, 0.1) is 4.91 Å². The van der Waals surface area contributed by atoms with Crippen molar-refractivity contribution < 1.29 is 14.3 Å². The van der Waals surface area contributed by atoms with E-state index in [4.69, 9.17) is 21.9 Å². The molecule has 0 aliphatic carbocycles. The Bertz CT molecular complexity index is 1180. The molecule has 1 saturated heterocycles. The van der Waals surface area contributed by atoms with Gasteiger partial charge in [-0.25, -0.2) is 4.79 Å². The summed E-state index contributed by atoms with van der Waals surface area (Å²) in [7, 11) is 0. The largest absolute Gasteiger partial charge is 0.444 e. The monoisotopic (exact) mass is 511 g/mol. The maximum absolute atomic E-state index is 12.5. The molecule has 1 aromatic carbocycles. The minimum Gasteiger partial charge on any atom is -0.444 e. The number of nitrogens with one attached hydrogen (secondary N) is 2. The van der Waals surface area contributed by atoms with E-state index in [9.17, 15) is 9.59 Å². The number of pyridine rings is 1. The third-order valence-electron chi connectivity index (χ3n) is 5.28. The van der Waals surface area contributed by atoms with E-state index in [1.54, 1.807) is 0 Å². The Morgan fingerprint density at radius 1 is 1.23 bits per heavy atom. The van der Waals surface area contributed by atoms with Crippen molar-refractivity contribution in [3.63, 3.8) is 0 Å². The standard InChI is InChI=1S/C27H33N3O3S2/c1-15(2)12-21-20(14-28-25(32)33-27(5,6)7)23(18-10-8-16(3)9-11-18)19(17(4)29-21)13-22-24(31)30-26(34)35-22/h8-11,13,15H,12,14H2,1-7H3,(H,28,32)(H,30,31,34)/b22-13-. The first kappa shape index (κ1) is 26.9. The van der Waals surface area contributed by atoms with E-state index in [2.05, 4.69) is 48.7 Å². The number of carbonyl (C=O) groups is 2. The number of hydrogen-bond donors (Lipinski definition) is 2. The van der Waals surface area contributed by atoms with Crippen LogP contribution in [0.4, 0.5) is 4.79 Å². The Hall–Kier alpha value is -2.71. The SMILES string of the molecule is Cc1ccc(-c2c(/C=C3\SC(=S)NC3=O)c(C)nc(CC(C)C)c2CNC(=O)OC(C)(C)C)cc1. The number of hydrogen-bond acceptors (Lipinski definition) is 6. The molecule has 3 rings (SSSR count). The summed E-state index contributed by atoms with van der Waals surface area (Å²) < 4.78 is 5.91. The van der Waals surface area contributed by atoms with Crippen molar-refractivity contribution in [2.75, 3.05) is 0 Å². The van der Waals surface area contributed by atoms with Gasteiger partial charge in [0.2, 0.25) is 0 Å². The Labute approximate surface area is 217 Å². The van der Waals surface area contributed by atoms with Gasteiger partial charge in [0.25, 0.3) is 5.91 Å². The van der Waals surface area contributed by atoms with Crippen molar-refractivity contribution >= 4 is 46.4 Å². The highest BCUT2D eigenvalue weighted by Crippen LogP contribution is 2.36. The molecule has 0 saturated carbocycles. The van der Waals surface area contributed by atoms with Crippen LogP contribution in [0.2, 0.25) is 0 Å². The fourth-order valence-electron chi connectivity index (χ4n) is 3.82. The molecule has 2 aromatic rings. The summed E-state index contributed by atoms with van der Waals surface area (Å²) >= 11 is 6.43. The number of thiocarbonyl (C=S) groups is 1. The van der Waals surface area contributed by atoms with Gasteiger partial charge in [0.15, 0.2) is 0 Å². The topological polar surface area (TPSA) is 80.3 Å². The van der Waals surface area contributed by atoms with E-state index in [0.29, 0.717) is 15.1 Å².